The minimum absolute atomic E-state index is 0.129. The van der Waals surface area contributed by atoms with Crippen LogP contribution in [0.25, 0.3) is 0 Å². The van der Waals surface area contributed by atoms with Crippen molar-refractivity contribution in [3.63, 3.8) is 0 Å². The standard InChI is InChI=1S/C12H15N5O2/c1-9-10(11(18)19)7-15-12(16-9)14-3-2-5-17-6-4-13-8-17/h4,6-8H,2-3,5H2,1H3,(H,18,19)(H,14,15,16). The quantitative estimate of drug-likeness (QED) is 0.758. The number of carboxylic acid groups (broad SMARTS) is 1. The number of nitrogens with zero attached hydrogens (tertiary/aromatic N) is 4. The minimum Gasteiger partial charge on any atom is -0.478 e. The van der Waals surface area contributed by atoms with Gasteiger partial charge in [0.25, 0.3) is 0 Å². The van der Waals surface area contributed by atoms with Crippen LogP contribution in [0.15, 0.2) is 24.9 Å². The van der Waals surface area contributed by atoms with E-state index in [1.165, 1.54) is 6.20 Å². The Balaban J connectivity index is 1.83. The number of carbonyl (C=O) groups is 1. The summed E-state index contributed by atoms with van der Waals surface area (Å²) < 4.78 is 1.99. The molecular formula is C12H15N5O2. The highest BCUT2D eigenvalue weighted by Gasteiger charge is 2.09. The first kappa shape index (κ1) is 13.0. The van der Waals surface area contributed by atoms with Gasteiger partial charge < -0.3 is 15.0 Å². The molecule has 7 heteroatoms. The van der Waals surface area contributed by atoms with E-state index in [2.05, 4.69) is 20.3 Å². The Kier molecular flexibility index (Phi) is 4.07. The Morgan fingerprint density at radius 2 is 2.37 bits per heavy atom. The largest absolute Gasteiger partial charge is 0.478 e. The van der Waals surface area contributed by atoms with E-state index < -0.39 is 5.97 Å². The highest BCUT2D eigenvalue weighted by Crippen LogP contribution is 2.06. The lowest BCUT2D eigenvalue weighted by molar-refractivity contribution is 0.0695. The topological polar surface area (TPSA) is 92.9 Å². The molecule has 0 aliphatic heterocycles. The molecule has 0 saturated heterocycles. The summed E-state index contributed by atoms with van der Waals surface area (Å²) in [4.78, 5) is 22.9. The van der Waals surface area contributed by atoms with Gasteiger partial charge >= 0.3 is 5.97 Å². The van der Waals surface area contributed by atoms with Gasteiger partial charge in [-0.15, -0.1) is 0 Å². The summed E-state index contributed by atoms with van der Waals surface area (Å²) in [7, 11) is 0. The summed E-state index contributed by atoms with van der Waals surface area (Å²) in [6.07, 6.45) is 7.64. The second-order valence-electron chi connectivity index (χ2n) is 4.08. The molecular weight excluding hydrogens is 246 g/mol. The predicted molar refractivity (Wildman–Crippen MR) is 69.1 cm³/mol. The Hall–Kier alpha value is -2.44. The van der Waals surface area contributed by atoms with Crippen molar-refractivity contribution in [2.24, 2.45) is 0 Å². The fourth-order valence-corrected chi connectivity index (χ4v) is 1.64. The number of carboxylic acids is 1. The lowest BCUT2D eigenvalue weighted by Gasteiger charge is -2.07. The monoisotopic (exact) mass is 261 g/mol. The van der Waals surface area contributed by atoms with Crippen LogP contribution in [0, 0.1) is 6.92 Å². The molecule has 0 spiro atoms. The third-order valence-electron chi connectivity index (χ3n) is 2.65. The first-order valence-corrected chi connectivity index (χ1v) is 5.93. The Bertz CT molecular complexity index is 553. The van der Waals surface area contributed by atoms with E-state index in [-0.39, 0.29) is 5.56 Å². The van der Waals surface area contributed by atoms with E-state index in [4.69, 9.17) is 5.11 Å². The number of imidazole rings is 1. The SMILES string of the molecule is Cc1nc(NCCCn2ccnc2)ncc1C(=O)O. The maximum Gasteiger partial charge on any atom is 0.339 e. The molecule has 0 aliphatic carbocycles. The fraction of sp³-hybridized carbons (Fsp3) is 0.333. The van der Waals surface area contributed by atoms with Gasteiger partial charge in [-0.05, 0) is 13.3 Å². The summed E-state index contributed by atoms with van der Waals surface area (Å²) in [6, 6.07) is 0. The molecule has 0 aromatic carbocycles. The number of nitrogens with one attached hydrogen (secondary N) is 1. The van der Waals surface area contributed by atoms with Crippen molar-refractivity contribution in [3.05, 3.63) is 36.2 Å². The number of aromatic carboxylic acids is 1. The van der Waals surface area contributed by atoms with Crippen LogP contribution >= 0.6 is 0 Å². The number of hydrogen-bond acceptors (Lipinski definition) is 5. The zero-order valence-corrected chi connectivity index (χ0v) is 10.6. The molecule has 0 unspecified atom stereocenters. The van der Waals surface area contributed by atoms with Crippen LogP contribution in [0.5, 0.6) is 0 Å². The number of anilines is 1. The molecule has 2 rings (SSSR count). The van der Waals surface area contributed by atoms with Crippen molar-refractivity contribution < 1.29 is 9.90 Å². The van der Waals surface area contributed by atoms with Crippen LogP contribution in [-0.2, 0) is 6.54 Å². The average Bonchev–Trinajstić information content (AvgIpc) is 2.87. The first-order valence-electron chi connectivity index (χ1n) is 5.93. The summed E-state index contributed by atoms with van der Waals surface area (Å²) in [5.41, 5.74) is 0.587. The van der Waals surface area contributed by atoms with Crippen molar-refractivity contribution in [3.8, 4) is 0 Å². The molecule has 2 aromatic rings. The zero-order chi connectivity index (χ0) is 13.7. The summed E-state index contributed by atoms with van der Waals surface area (Å²) in [6.45, 7) is 3.23. The molecule has 0 saturated carbocycles. The molecule has 0 atom stereocenters. The van der Waals surface area contributed by atoms with Crippen LogP contribution < -0.4 is 5.32 Å². The maximum atomic E-state index is 10.8. The summed E-state index contributed by atoms with van der Waals surface area (Å²) in [5, 5.41) is 11.9. The van der Waals surface area contributed by atoms with Crippen LogP contribution in [-0.4, -0.2) is 37.1 Å². The van der Waals surface area contributed by atoms with E-state index in [0.717, 1.165) is 13.0 Å². The van der Waals surface area contributed by atoms with Gasteiger partial charge in [0.1, 0.15) is 0 Å². The number of hydrogen-bond donors (Lipinski definition) is 2. The van der Waals surface area contributed by atoms with Crippen molar-refractivity contribution in [2.45, 2.75) is 19.9 Å². The van der Waals surface area contributed by atoms with Gasteiger partial charge in [0, 0.05) is 31.7 Å². The molecule has 7 nitrogen and oxygen atoms in total. The molecule has 100 valence electrons. The number of aromatic nitrogens is 4. The smallest absolute Gasteiger partial charge is 0.339 e. The first-order chi connectivity index (χ1) is 9.16. The summed E-state index contributed by atoms with van der Waals surface area (Å²) >= 11 is 0. The maximum absolute atomic E-state index is 10.8. The van der Waals surface area contributed by atoms with Gasteiger partial charge in [0.15, 0.2) is 0 Å². The molecule has 2 N–H and O–H groups in total. The van der Waals surface area contributed by atoms with Crippen molar-refractivity contribution in [1.29, 1.82) is 0 Å². The predicted octanol–water partition coefficient (Wildman–Crippen LogP) is 1.18. The Labute approximate surface area is 110 Å². The number of rotatable bonds is 6. The van der Waals surface area contributed by atoms with E-state index in [9.17, 15) is 4.79 Å². The van der Waals surface area contributed by atoms with E-state index in [1.54, 1.807) is 19.4 Å². The average molecular weight is 261 g/mol. The van der Waals surface area contributed by atoms with E-state index in [0.29, 0.717) is 18.2 Å². The van der Waals surface area contributed by atoms with Crippen molar-refractivity contribution in [1.82, 2.24) is 19.5 Å². The minimum atomic E-state index is -1.01. The molecule has 2 aromatic heterocycles. The van der Waals surface area contributed by atoms with Crippen LogP contribution in [0.2, 0.25) is 0 Å². The lowest BCUT2D eigenvalue weighted by Crippen LogP contribution is -2.11. The van der Waals surface area contributed by atoms with Gasteiger partial charge in [0.05, 0.1) is 17.6 Å². The third kappa shape index (κ3) is 3.51. The zero-order valence-electron chi connectivity index (χ0n) is 10.6. The van der Waals surface area contributed by atoms with E-state index >= 15 is 0 Å². The second kappa shape index (κ2) is 5.94. The number of aryl methyl sites for hydroxylation is 2. The molecule has 2 heterocycles. The van der Waals surface area contributed by atoms with Crippen LogP contribution in [0.4, 0.5) is 5.95 Å². The third-order valence-corrected chi connectivity index (χ3v) is 2.65. The fourth-order valence-electron chi connectivity index (χ4n) is 1.64. The van der Waals surface area contributed by atoms with Crippen molar-refractivity contribution in [2.75, 3.05) is 11.9 Å². The molecule has 0 aliphatic rings. The van der Waals surface area contributed by atoms with Gasteiger partial charge in [-0.3, -0.25) is 0 Å². The second-order valence-corrected chi connectivity index (χ2v) is 4.08. The van der Waals surface area contributed by atoms with Crippen molar-refractivity contribution >= 4 is 11.9 Å². The highest BCUT2D eigenvalue weighted by molar-refractivity contribution is 5.88. The van der Waals surface area contributed by atoms with Crippen LogP contribution in [0.3, 0.4) is 0 Å². The van der Waals surface area contributed by atoms with Crippen LogP contribution in [0.1, 0.15) is 22.5 Å². The Morgan fingerprint density at radius 1 is 1.53 bits per heavy atom. The van der Waals surface area contributed by atoms with Gasteiger partial charge in [-0.25, -0.2) is 19.7 Å². The lowest BCUT2D eigenvalue weighted by atomic mass is 10.2. The molecule has 0 bridgehead atoms. The normalized spacial score (nSPS) is 10.4. The molecule has 0 radical (unpaired) electrons. The molecule has 0 amide bonds. The van der Waals surface area contributed by atoms with E-state index in [1.807, 2.05) is 10.8 Å². The highest BCUT2D eigenvalue weighted by atomic mass is 16.4. The van der Waals surface area contributed by atoms with Gasteiger partial charge in [-0.1, -0.05) is 0 Å². The molecule has 0 fully saturated rings. The summed E-state index contributed by atoms with van der Waals surface area (Å²) in [5.74, 6) is -0.558. The molecule has 19 heavy (non-hydrogen) atoms. The Morgan fingerprint density at radius 3 is 3.00 bits per heavy atom. The van der Waals surface area contributed by atoms with Gasteiger partial charge in [0.2, 0.25) is 5.95 Å². The van der Waals surface area contributed by atoms with Gasteiger partial charge in [-0.2, -0.15) is 0 Å².